The van der Waals surface area contributed by atoms with Gasteiger partial charge in [0, 0.05) is 0 Å². The maximum absolute atomic E-state index is 5.95. The van der Waals surface area contributed by atoms with Gasteiger partial charge < -0.3 is 9.73 Å². The van der Waals surface area contributed by atoms with Crippen molar-refractivity contribution in [1.29, 1.82) is 0 Å². The van der Waals surface area contributed by atoms with Gasteiger partial charge in [0.25, 0.3) is 0 Å². The van der Waals surface area contributed by atoms with Crippen LogP contribution in [0, 0.1) is 12.3 Å². The fourth-order valence-electron chi connectivity index (χ4n) is 2.81. The smallest absolute Gasteiger partial charge is 0.213 e. The van der Waals surface area contributed by atoms with Crippen LogP contribution in [-0.2, 0) is 0 Å². The molecule has 3 heteroatoms. The Morgan fingerprint density at radius 3 is 3.00 bits per heavy atom. The van der Waals surface area contributed by atoms with E-state index in [1.807, 2.05) is 6.07 Å². The number of fused-ring (bicyclic) bond motifs is 1. The highest BCUT2D eigenvalue weighted by molar-refractivity contribution is 5.73. The number of nitrogens with zero attached hydrogens (tertiary/aromatic N) is 1. The summed E-state index contributed by atoms with van der Waals surface area (Å²) in [6, 6.07) is 6.39. The monoisotopic (exact) mass is 244 g/mol. The van der Waals surface area contributed by atoms with E-state index in [-0.39, 0.29) is 11.5 Å². The summed E-state index contributed by atoms with van der Waals surface area (Å²) in [5.41, 5.74) is 3.27. The van der Waals surface area contributed by atoms with Crippen LogP contribution < -0.4 is 5.32 Å². The molecule has 3 rings (SSSR count). The fourth-order valence-corrected chi connectivity index (χ4v) is 2.81. The second-order valence-corrected chi connectivity index (χ2v) is 6.00. The van der Waals surface area contributed by atoms with Gasteiger partial charge in [0.2, 0.25) is 5.89 Å². The number of benzene rings is 1. The van der Waals surface area contributed by atoms with Gasteiger partial charge in [-0.1, -0.05) is 19.9 Å². The van der Waals surface area contributed by atoms with E-state index in [1.165, 1.54) is 18.4 Å². The molecule has 18 heavy (non-hydrogen) atoms. The minimum absolute atomic E-state index is 0.203. The molecule has 1 saturated heterocycles. The van der Waals surface area contributed by atoms with Crippen molar-refractivity contribution in [3.63, 3.8) is 0 Å². The average Bonchev–Trinajstić information content (AvgIpc) is 2.70. The summed E-state index contributed by atoms with van der Waals surface area (Å²) in [7, 11) is 0. The molecule has 0 radical (unpaired) electrons. The van der Waals surface area contributed by atoms with Crippen LogP contribution in [0.5, 0.6) is 0 Å². The molecule has 0 spiro atoms. The third kappa shape index (κ3) is 1.93. The zero-order chi connectivity index (χ0) is 12.8. The Bertz CT molecular complexity index is 571. The van der Waals surface area contributed by atoms with E-state index >= 15 is 0 Å². The van der Waals surface area contributed by atoms with Crippen LogP contribution in [0.25, 0.3) is 11.1 Å². The Labute approximate surface area is 108 Å². The lowest BCUT2D eigenvalue weighted by molar-refractivity contribution is 0.157. The molecule has 1 aliphatic rings. The van der Waals surface area contributed by atoms with E-state index < -0.39 is 0 Å². The van der Waals surface area contributed by atoms with E-state index in [9.17, 15) is 0 Å². The number of hydrogen-bond acceptors (Lipinski definition) is 3. The molecule has 96 valence electrons. The Balaban J connectivity index is 2.03. The summed E-state index contributed by atoms with van der Waals surface area (Å²) in [4.78, 5) is 4.64. The van der Waals surface area contributed by atoms with Gasteiger partial charge in [-0.05, 0) is 49.4 Å². The molecule has 1 atom stereocenters. The van der Waals surface area contributed by atoms with Gasteiger partial charge in [-0.2, -0.15) is 0 Å². The van der Waals surface area contributed by atoms with Gasteiger partial charge in [-0.15, -0.1) is 0 Å². The lowest BCUT2D eigenvalue weighted by atomic mass is 9.77. The normalized spacial score (nSPS) is 23.4. The number of oxazole rings is 1. The minimum atomic E-state index is 0.203. The van der Waals surface area contributed by atoms with Gasteiger partial charge >= 0.3 is 0 Å². The van der Waals surface area contributed by atoms with Gasteiger partial charge in [-0.25, -0.2) is 4.98 Å². The van der Waals surface area contributed by atoms with Crippen LogP contribution in [0.2, 0.25) is 0 Å². The SMILES string of the molecule is Cc1ccc2nc(C3NCCCC3(C)C)oc2c1. The molecular formula is C15H20N2O. The van der Waals surface area contributed by atoms with E-state index in [0.29, 0.717) is 0 Å². The van der Waals surface area contributed by atoms with Gasteiger partial charge in [0.15, 0.2) is 5.58 Å². The highest BCUT2D eigenvalue weighted by Crippen LogP contribution is 2.40. The summed E-state index contributed by atoms with van der Waals surface area (Å²) in [6.45, 7) is 7.68. The summed E-state index contributed by atoms with van der Waals surface area (Å²) >= 11 is 0. The van der Waals surface area contributed by atoms with Crippen LogP contribution in [-0.4, -0.2) is 11.5 Å². The predicted molar refractivity (Wildman–Crippen MR) is 72.5 cm³/mol. The maximum atomic E-state index is 5.95. The summed E-state index contributed by atoms with van der Waals surface area (Å²) in [6.07, 6.45) is 2.44. The standard InChI is InChI=1S/C15H20N2O/c1-10-5-6-11-12(9-10)18-14(17-11)13-15(2,3)7-4-8-16-13/h5-6,9,13,16H,4,7-8H2,1-3H3. The van der Waals surface area contributed by atoms with Crippen LogP contribution in [0.1, 0.15) is 44.2 Å². The molecular weight excluding hydrogens is 224 g/mol. The molecule has 0 bridgehead atoms. The third-order valence-electron chi connectivity index (χ3n) is 3.94. The van der Waals surface area contributed by atoms with Crippen molar-refractivity contribution in [2.75, 3.05) is 6.54 Å². The van der Waals surface area contributed by atoms with Crippen LogP contribution >= 0.6 is 0 Å². The number of hydrogen-bond donors (Lipinski definition) is 1. The quantitative estimate of drug-likeness (QED) is 0.833. The molecule has 0 saturated carbocycles. The van der Waals surface area contributed by atoms with Gasteiger partial charge in [0.05, 0.1) is 6.04 Å². The molecule has 1 fully saturated rings. The Hall–Kier alpha value is -1.35. The Kier molecular flexibility index (Phi) is 2.67. The van der Waals surface area contributed by atoms with Crippen LogP contribution in [0.4, 0.5) is 0 Å². The zero-order valence-corrected chi connectivity index (χ0v) is 11.3. The lowest BCUT2D eigenvalue weighted by Gasteiger charge is -2.37. The van der Waals surface area contributed by atoms with Crippen molar-refractivity contribution in [3.8, 4) is 0 Å². The minimum Gasteiger partial charge on any atom is -0.439 e. The Morgan fingerprint density at radius 1 is 1.39 bits per heavy atom. The van der Waals surface area contributed by atoms with E-state index in [2.05, 4.69) is 43.2 Å². The molecule has 2 heterocycles. The third-order valence-corrected chi connectivity index (χ3v) is 3.94. The second kappa shape index (κ2) is 4.09. The topological polar surface area (TPSA) is 38.1 Å². The number of aryl methyl sites for hydroxylation is 1. The number of aromatic nitrogens is 1. The maximum Gasteiger partial charge on any atom is 0.213 e. The summed E-state index contributed by atoms with van der Waals surface area (Å²) in [5, 5.41) is 3.54. The molecule has 0 aliphatic carbocycles. The van der Waals surface area contributed by atoms with Gasteiger partial charge in [-0.3, -0.25) is 0 Å². The van der Waals surface area contributed by atoms with Crippen molar-refractivity contribution >= 4 is 11.1 Å². The van der Waals surface area contributed by atoms with Gasteiger partial charge in [0.1, 0.15) is 5.52 Å². The zero-order valence-electron chi connectivity index (χ0n) is 11.3. The van der Waals surface area contributed by atoms with Crippen molar-refractivity contribution in [3.05, 3.63) is 29.7 Å². The first-order valence-electron chi connectivity index (χ1n) is 6.67. The second-order valence-electron chi connectivity index (χ2n) is 6.00. The molecule has 1 N–H and O–H groups in total. The van der Waals surface area contributed by atoms with E-state index in [1.54, 1.807) is 0 Å². The fraction of sp³-hybridized carbons (Fsp3) is 0.533. The molecule has 1 aliphatic heterocycles. The Morgan fingerprint density at radius 2 is 2.22 bits per heavy atom. The van der Waals surface area contributed by atoms with Crippen molar-refractivity contribution in [2.45, 2.75) is 39.7 Å². The number of nitrogens with one attached hydrogen (secondary N) is 1. The molecule has 1 unspecified atom stereocenters. The molecule has 1 aromatic heterocycles. The average molecular weight is 244 g/mol. The highest BCUT2D eigenvalue weighted by Gasteiger charge is 2.36. The molecule has 3 nitrogen and oxygen atoms in total. The first kappa shape index (κ1) is 11.7. The predicted octanol–water partition coefficient (Wildman–Crippen LogP) is 3.59. The largest absolute Gasteiger partial charge is 0.439 e. The van der Waals surface area contributed by atoms with E-state index in [0.717, 1.165) is 23.5 Å². The first-order chi connectivity index (χ1) is 8.56. The number of piperidine rings is 1. The molecule has 1 aromatic carbocycles. The lowest BCUT2D eigenvalue weighted by Crippen LogP contribution is -2.39. The summed E-state index contributed by atoms with van der Waals surface area (Å²) in [5.74, 6) is 0.834. The van der Waals surface area contributed by atoms with Crippen molar-refractivity contribution in [2.24, 2.45) is 5.41 Å². The van der Waals surface area contributed by atoms with Crippen molar-refractivity contribution < 1.29 is 4.42 Å². The molecule has 0 amide bonds. The van der Waals surface area contributed by atoms with Crippen molar-refractivity contribution in [1.82, 2.24) is 10.3 Å². The number of rotatable bonds is 1. The molecule has 2 aromatic rings. The van der Waals surface area contributed by atoms with Crippen LogP contribution in [0.3, 0.4) is 0 Å². The summed E-state index contributed by atoms with van der Waals surface area (Å²) < 4.78 is 5.95. The highest BCUT2D eigenvalue weighted by atomic mass is 16.3. The first-order valence-corrected chi connectivity index (χ1v) is 6.67. The van der Waals surface area contributed by atoms with E-state index in [4.69, 9.17) is 4.42 Å². The van der Waals surface area contributed by atoms with Crippen LogP contribution in [0.15, 0.2) is 22.6 Å².